The summed E-state index contributed by atoms with van der Waals surface area (Å²) in [5, 5.41) is 4.93. The summed E-state index contributed by atoms with van der Waals surface area (Å²) in [6.07, 6.45) is 2.38. The number of nitrogens with one attached hydrogen (secondary N) is 1. The van der Waals surface area contributed by atoms with Crippen LogP contribution in [0.4, 0.5) is 0 Å². The molecule has 140 valence electrons. The molecule has 3 rings (SSSR count). The highest BCUT2D eigenvalue weighted by Crippen LogP contribution is 2.17. The maximum Gasteiger partial charge on any atom is 0.306 e. The number of ether oxygens (including phenoxy) is 1. The first-order valence-electron chi connectivity index (χ1n) is 8.16. The molecule has 0 saturated carbocycles. The number of carbonyl (C=O) groups excluding carboxylic acids is 2. The second kappa shape index (κ2) is 8.00. The van der Waals surface area contributed by atoms with E-state index < -0.39 is 17.4 Å². The molecule has 2 aromatic heterocycles. The van der Waals surface area contributed by atoms with Crippen LogP contribution >= 0.6 is 11.6 Å². The van der Waals surface area contributed by atoms with E-state index in [-0.39, 0.29) is 24.8 Å². The molecule has 0 atom stereocenters. The van der Waals surface area contributed by atoms with Gasteiger partial charge in [0.1, 0.15) is 11.7 Å². The van der Waals surface area contributed by atoms with Gasteiger partial charge in [0.2, 0.25) is 5.91 Å². The van der Waals surface area contributed by atoms with Gasteiger partial charge in [0, 0.05) is 11.4 Å². The smallest absolute Gasteiger partial charge is 0.306 e. The summed E-state index contributed by atoms with van der Waals surface area (Å²) in [6.45, 7) is 1.93. The molecule has 27 heavy (non-hydrogen) atoms. The summed E-state index contributed by atoms with van der Waals surface area (Å²) in [5.74, 6) is -0.982. The van der Waals surface area contributed by atoms with E-state index in [0.717, 1.165) is 4.68 Å². The molecule has 0 aliphatic rings. The fourth-order valence-corrected chi connectivity index (χ4v) is 2.61. The summed E-state index contributed by atoms with van der Waals surface area (Å²) < 4.78 is 7.20. The molecule has 3 aromatic rings. The number of halogens is 1. The van der Waals surface area contributed by atoms with Crippen LogP contribution in [0.5, 0.6) is 0 Å². The predicted octanol–water partition coefficient (Wildman–Crippen LogP) is 1.65. The molecular weight excluding hydrogens is 374 g/mol. The quantitative estimate of drug-likeness (QED) is 0.642. The minimum atomic E-state index is -0.506. The fraction of sp³-hybridized carbons (Fsp3) is 0.235. The summed E-state index contributed by atoms with van der Waals surface area (Å²) in [6, 6.07) is 6.96. The Kier molecular flexibility index (Phi) is 5.51. The number of nitrogens with zero attached hydrogens (tertiary/aromatic N) is 4. The van der Waals surface area contributed by atoms with Crippen LogP contribution in [0.3, 0.4) is 0 Å². The number of aromatic nitrogens is 4. The summed E-state index contributed by atoms with van der Waals surface area (Å²) >= 11 is 5.99. The molecule has 10 heteroatoms. The summed E-state index contributed by atoms with van der Waals surface area (Å²) in [5.41, 5.74) is 2.89. The van der Waals surface area contributed by atoms with E-state index in [1.165, 1.54) is 17.2 Å². The summed E-state index contributed by atoms with van der Waals surface area (Å²) in [4.78, 5) is 40.0. The van der Waals surface area contributed by atoms with Crippen LogP contribution in [0, 0.1) is 0 Å². The maximum atomic E-state index is 12.6. The Balaban J connectivity index is 1.81. The van der Waals surface area contributed by atoms with E-state index in [0.29, 0.717) is 16.4 Å². The molecule has 1 N–H and O–H groups in total. The van der Waals surface area contributed by atoms with Gasteiger partial charge in [-0.2, -0.15) is 5.10 Å². The predicted molar refractivity (Wildman–Crippen MR) is 98.4 cm³/mol. The lowest BCUT2D eigenvalue weighted by Gasteiger charge is -2.08. The molecule has 9 nitrogen and oxygen atoms in total. The second-order valence-corrected chi connectivity index (χ2v) is 5.97. The lowest BCUT2D eigenvalue weighted by atomic mass is 10.3. The van der Waals surface area contributed by atoms with Crippen molar-refractivity contribution in [2.24, 2.45) is 0 Å². The van der Waals surface area contributed by atoms with Crippen molar-refractivity contribution >= 4 is 34.5 Å². The van der Waals surface area contributed by atoms with Gasteiger partial charge in [0.15, 0.2) is 5.65 Å². The van der Waals surface area contributed by atoms with E-state index >= 15 is 0 Å². The molecule has 0 fully saturated rings. The number of esters is 1. The van der Waals surface area contributed by atoms with E-state index in [9.17, 15) is 14.4 Å². The van der Waals surface area contributed by atoms with Gasteiger partial charge >= 0.3 is 5.97 Å². The molecule has 1 amide bonds. The van der Waals surface area contributed by atoms with Crippen LogP contribution in [0.15, 0.2) is 41.6 Å². The number of rotatable bonds is 6. The number of amides is 1. The molecule has 0 spiro atoms. The molecule has 0 saturated heterocycles. The van der Waals surface area contributed by atoms with Crippen molar-refractivity contribution in [3.63, 3.8) is 0 Å². The van der Waals surface area contributed by atoms with Gasteiger partial charge in [-0.3, -0.25) is 19.8 Å². The van der Waals surface area contributed by atoms with Crippen LogP contribution in [-0.4, -0.2) is 37.9 Å². The Morgan fingerprint density at radius 2 is 2.11 bits per heavy atom. The standard InChI is InChI=1S/C17H16ClN5O4/c1-2-27-15(25)7-6-14(24)21-22-10-19-16-13(17(22)26)9-20-23(16)12-5-3-4-11(18)8-12/h3-5,8-10H,2,6-7H2,1H3,(H,21,24). The average molecular weight is 390 g/mol. The first kappa shape index (κ1) is 18.6. The van der Waals surface area contributed by atoms with Crippen molar-refractivity contribution in [1.29, 1.82) is 0 Å². The van der Waals surface area contributed by atoms with E-state index in [4.69, 9.17) is 16.3 Å². The minimum absolute atomic E-state index is 0.0726. The van der Waals surface area contributed by atoms with Crippen molar-refractivity contribution < 1.29 is 14.3 Å². The number of benzene rings is 1. The molecule has 0 aliphatic carbocycles. The van der Waals surface area contributed by atoms with Crippen LogP contribution in [0.2, 0.25) is 5.02 Å². The van der Waals surface area contributed by atoms with Crippen LogP contribution in [0.25, 0.3) is 16.7 Å². The zero-order valence-electron chi connectivity index (χ0n) is 14.4. The second-order valence-electron chi connectivity index (χ2n) is 5.53. The third-order valence-electron chi connectivity index (χ3n) is 3.65. The van der Waals surface area contributed by atoms with Crippen molar-refractivity contribution in [2.75, 3.05) is 12.0 Å². The normalized spacial score (nSPS) is 10.7. The maximum absolute atomic E-state index is 12.6. The molecule has 0 bridgehead atoms. The van der Waals surface area contributed by atoms with Crippen LogP contribution in [-0.2, 0) is 14.3 Å². The van der Waals surface area contributed by atoms with Crippen LogP contribution < -0.4 is 11.0 Å². The Bertz CT molecular complexity index is 1060. The lowest BCUT2D eigenvalue weighted by Crippen LogP contribution is -2.33. The topological polar surface area (TPSA) is 108 Å². The van der Waals surface area contributed by atoms with Crippen molar-refractivity contribution in [1.82, 2.24) is 19.4 Å². The number of hydrogen-bond donors (Lipinski definition) is 1. The third-order valence-corrected chi connectivity index (χ3v) is 3.88. The molecule has 1 aromatic carbocycles. The molecule has 0 unspecified atom stereocenters. The van der Waals surface area contributed by atoms with Gasteiger partial charge in [-0.05, 0) is 25.1 Å². The zero-order valence-corrected chi connectivity index (χ0v) is 15.1. The van der Waals surface area contributed by atoms with Gasteiger partial charge < -0.3 is 4.74 Å². The SMILES string of the molecule is CCOC(=O)CCC(=O)Nn1cnc2c(cnn2-c2cccc(Cl)c2)c1=O. The number of fused-ring (bicyclic) bond motifs is 1. The van der Waals surface area contributed by atoms with Gasteiger partial charge in [0.05, 0.1) is 24.9 Å². The fourth-order valence-electron chi connectivity index (χ4n) is 2.43. The van der Waals surface area contributed by atoms with Gasteiger partial charge in [-0.15, -0.1) is 0 Å². The highest BCUT2D eigenvalue weighted by Gasteiger charge is 2.14. The Labute approximate surface area is 158 Å². The van der Waals surface area contributed by atoms with Gasteiger partial charge in [-0.25, -0.2) is 14.3 Å². The lowest BCUT2D eigenvalue weighted by molar-refractivity contribution is -0.144. The molecule has 0 radical (unpaired) electrons. The number of hydrogen-bond acceptors (Lipinski definition) is 6. The Morgan fingerprint density at radius 1 is 1.30 bits per heavy atom. The average Bonchev–Trinajstić information content (AvgIpc) is 3.07. The first-order valence-corrected chi connectivity index (χ1v) is 8.54. The third kappa shape index (κ3) is 4.14. The van der Waals surface area contributed by atoms with E-state index in [1.807, 2.05) is 0 Å². The van der Waals surface area contributed by atoms with Gasteiger partial charge in [-0.1, -0.05) is 17.7 Å². The molecular formula is C17H16ClN5O4. The summed E-state index contributed by atoms with van der Waals surface area (Å²) in [7, 11) is 0. The zero-order chi connectivity index (χ0) is 19.4. The van der Waals surface area contributed by atoms with Crippen molar-refractivity contribution in [2.45, 2.75) is 19.8 Å². The molecule has 0 aliphatic heterocycles. The minimum Gasteiger partial charge on any atom is -0.466 e. The largest absolute Gasteiger partial charge is 0.466 e. The highest BCUT2D eigenvalue weighted by atomic mass is 35.5. The van der Waals surface area contributed by atoms with Crippen molar-refractivity contribution in [3.8, 4) is 5.69 Å². The van der Waals surface area contributed by atoms with Gasteiger partial charge in [0.25, 0.3) is 5.56 Å². The number of carbonyl (C=O) groups is 2. The first-order chi connectivity index (χ1) is 13.0. The Morgan fingerprint density at radius 3 is 2.85 bits per heavy atom. The van der Waals surface area contributed by atoms with Crippen molar-refractivity contribution in [3.05, 3.63) is 52.2 Å². The van der Waals surface area contributed by atoms with E-state index in [2.05, 4.69) is 15.5 Å². The Hall–Kier alpha value is -3.20. The highest BCUT2D eigenvalue weighted by molar-refractivity contribution is 6.30. The monoisotopic (exact) mass is 389 g/mol. The van der Waals surface area contributed by atoms with E-state index in [1.54, 1.807) is 31.2 Å². The molecule has 2 heterocycles. The van der Waals surface area contributed by atoms with Crippen LogP contribution in [0.1, 0.15) is 19.8 Å².